The average Bonchev–Trinajstić information content (AvgIpc) is 3.43. The fourth-order valence-corrected chi connectivity index (χ4v) is 3.33. The Morgan fingerprint density at radius 2 is 2.00 bits per heavy atom. The molecule has 0 aliphatic carbocycles. The lowest BCUT2D eigenvalue weighted by Crippen LogP contribution is -2.32. The lowest BCUT2D eigenvalue weighted by Gasteiger charge is -2.09. The molecule has 144 valence electrons. The SMILES string of the molecule is COc1ccc(-n2nc(C(=O)NC[C@H]3CCCO3)cc2-c2ccccc2)cc1. The van der Waals surface area contributed by atoms with Gasteiger partial charge in [-0.2, -0.15) is 5.10 Å². The number of methoxy groups -OCH3 is 1. The molecule has 1 fully saturated rings. The van der Waals surface area contributed by atoms with Crippen LogP contribution in [0.25, 0.3) is 16.9 Å². The van der Waals surface area contributed by atoms with E-state index in [1.165, 1.54) is 0 Å². The van der Waals surface area contributed by atoms with Gasteiger partial charge in [-0.05, 0) is 43.2 Å². The summed E-state index contributed by atoms with van der Waals surface area (Å²) in [7, 11) is 1.63. The van der Waals surface area contributed by atoms with Gasteiger partial charge in [0.25, 0.3) is 5.91 Å². The van der Waals surface area contributed by atoms with Crippen molar-refractivity contribution >= 4 is 5.91 Å². The third-order valence-corrected chi connectivity index (χ3v) is 4.84. The first kappa shape index (κ1) is 18.3. The molecule has 3 aromatic rings. The number of nitrogens with zero attached hydrogens (tertiary/aromatic N) is 2. The summed E-state index contributed by atoms with van der Waals surface area (Å²) >= 11 is 0. The van der Waals surface area contributed by atoms with E-state index in [0.29, 0.717) is 12.2 Å². The number of rotatable bonds is 6. The van der Waals surface area contributed by atoms with E-state index in [-0.39, 0.29) is 12.0 Å². The topological polar surface area (TPSA) is 65.4 Å². The number of carbonyl (C=O) groups excluding carboxylic acids is 1. The molecule has 2 aromatic carbocycles. The van der Waals surface area contributed by atoms with Crippen molar-refractivity contribution in [1.82, 2.24) is 15.1 Å². The number of hydrogen-bond acceptors (Lipinski definition) is 4. The van der Waals surface area contributed by atoms with E-state index >= 15 is 0 Å². The van der Waals surface area contributed by atoms with Gasteiger partial charge in [-0.25, -0.2) is 4.68 Å². The zero-order chi connectivity index (χ0) is 19.3. The number of ether oxygens (including phenoxy) is 2. The Balaban J connectivity index is 1.64. The minimum absolute atomic E-state index is 0.0983. The highest BCUT2D eigenvalue weighted by Gasteiger charge is 2.20. The van der Waals surface area contributed by atoms with Crippen LogP contribution in [0.4, 0.5) is 0 Å². The Labute approximate surface area is 164 Å². The third kappa shape index (κ3) is 3.92. The number of carbonyl (C=O) groups is 1. The second-order valence-corrected chi connectivity index (χ2v) is 6.74. The molecule has 6 heteroatoms. The largest absolute Gasteiger partial charge is 0.497 e. The summed E-state index contributed by atoms with van der Waals surface area (Å²) in [5, 5.41) is 7.52. The van der Waals surface area contributed by atoms with E-state index in [0.717, 1.165) is 42.1 Å². The molecule has 2 heterocycles. The van der Waals surface area contributed by atoms with E-state index in [9.17, 15) is 4.79 Å². The van der Waals surface area contributed by atoms with Crippen molar-refractivity contribution in [2.75, 3.05) is 20.3 Å². The number of amides is 1. The summed E-state index contributed by atoms with van der Waals surface area (Å²) < 4.78 is 12.6. The van der Waals surface area contributed by atoms with Crippen molar-refractivity contribution in [3.05, 3.63) is 66.4 Å². The predicted octanol–water partition coefficient (Wildman–Crippen LogP) is 3.46. The second kappa shape index (κ2) is 8.27. The molecule has 1 saturated heterocycles. The van der Waals surface area contributed by atoms with Gasteiger partial charge >= 0.3 is 0 Å². The Bertz CT molecular complexity index is 929. The first-order valence-electron chi connectivity index (χ1n) is 9.44. The van der Waals surface area contributed by atoms with E-state index in [1.54, 1.807) is 11.8 Å². The lowest BCUT2D eigenvalue weighted by atomic mass is 10.1. The molecule has 1 aliphatic rings. The maximum absolute atomic E-state index is 12.7. The maximum atomic E-state index is 12.7. The zero-order valence-corrected chi connectivity index (χ0v) is 15.8. The van der Waals surface area contributed by atoms with Crippen molar-refractivity contribution in [1.29, 1.82) is 0 Å². The van der Waals surface area contributed by atoms with E-state index in [1.807, 2.05) is 60.7 Å². The van der Waals surface area contributed by atoms with Crippen LogP contribution in [0.3, 0.4) is 0 Å². The maximum Gasteiger partial charge on any atom is 0.271 e. The van der Waals surface area contributed by atoms with Crippen molar-refractivity contribution in [3.8, 4) is 22.7 Å². The minimum Gasteiger partial charge on any atom is -0.497 e. The van der Waals surface area contributed by atoms with Crippen LogP contribution in [0, 0.1) is 0 Å². The third-order valence-electron chi connectivity index (χ3n) is 4.84. The highest BCUT2D eigenvalue weighted by molar-refractivity contribution is 5.93. The lowest BCUT2D eigenvalue weighted by molar-refractivity contribution is 0.0853. The van der Waals surface area contributed by atoms with Crippen LogP contribution < -0.4 is 10.1 Å². The first-order valence-corrected chi connectivity index (χ1v) is 9.44. The number of aromatic nitrogens is 2. The van der Waals surface area contributed by atoms with Gasteiger partial charge in [-0.1, -0.05) is 30.3 Å². The monoisotopic (exact) mass is 377 g/mol. The van der Waals surface area contributed by atoms with Crippen LogP contribution in [0.15, 0.2) is 60.7 Å². The van der Waals surface area contributed by atoms with Crippen molar-refractivity contribution in [2.45, 2.75) is 18.9 Å². The van der Waals surface area contributed by atoms with Gasteiger partial charge in [0.15, 0.2) is 5.69 Å². The normalized spacial score (nSPS) is 16.1. The molecule has 4 rings (SSSR count). The summed E-state index contributed by atoms with van der Waals surface area (Å²) in [6, 6.07) is 19.3. The zero-order valence-electron chi connectivity index (χ0n) is 15.8. The highest BCUT2D eigenvalue weighted by atomic mass is 16.5. The van der Waals surface area contributed by atoms with Crippen molar-refractivity contribution < 1.29 is 14.3 Å². The Morgan fingerprint density at radius 3 is 2.68 bits per heavy atom. The standard InChI is InChI=1S/C22H23N3O3/c1-27-18-11-9-17(10-12-18)25-21(16-6-3-2-4-7-16)14-20(24-25)22(26)23-15-19-8-5-13-28-19/h2-4,6-7,9-12,14,19H,5,8,13,15H2,1H3,(H,23,26)/t19-/m1/s1. The minimum atomic E-state index is -0.194. The Morgan fingerprint density at radius 1 is 1.21 bits per heavy atom. The van der Waals surface area contributed by atoms with Gasteiger partial charge in [-0.3, -0.25) is 4.79 Å². The molecule has 0 bridgehead atoms. The molecule has 1 aliphatic heterocycles. The first-order chi connectivity index (χ1) is 13.7. The van der Waals surface area contributed by atoms with Crippen LogP contribution in [0.1, 0.15) is 23.3 Å². The molecule has 1 aromatic heterocycles. The number of benzene rings is 2. The van der Waals surface area contributed by atoms with E-state index in [2.05, 4.69) is 10.4 Å². The molecular weight excluding hydrogens is 354 g/mol. The summed E-state index contributed by atoms with van der Waals surface area (Å²) in [5.74, 6) is 0.576. The van der Waals surface area contributed by atoms with Crippen LogP contribution in [0.5, 0.6) is 5.75 Å². The quantitative estimate of drug-likeness (QED) is 0.715. The van der Waals surface area contributed by atoms with Crippen molar-refractivity contribution in [3.63, 3.8) is 0 Å². The van der Waals surface area contributed by atoms with Gasteiger partial charge in [0.05, 0.1) is 24.6 Å². The molecule has 6 nitrogen and oxygen atoms in total. The number of nitrogens with one attached hydrogen (secondary N) is 1. The van der Waals surface area contributed by atoms with Gasteiger partial charge in [0.1, 0.15) is 5.75 Å². The molecule has 28 heavy (non-hydrogen) atoms. The van der Waals surface area contributed by atoms with Crippen molar-refractivity contribution in [2.24, 2.45) is 0 Å². The average molecular weight is 377 g/mol. The fourth-order valence-electron chi connectivity index (χ4n) is 3.33. The second-order valence-electron chi connectivity index (χ2n) is 6.74. The van der Waals surface area contributed by atoms with E-state index < -0.39 is 0 Å². The highest BCUT2D eigenvalue weighted by Crippen LogP contribution is 2.25. The molecule has 0 saturated carbocycles. The number of hydrogen-bond donors (Lipinski definition) is 1. The summed E-state index contributed by atoms with van der Waals surface area (Å²) in [6.07, 6.45) is 2.13. The van der Waals surface area contributed by atoms with E-state index in [4.69, 9.17) is 9.47 Å². The molecule has 1 N–H and O–H groups in total. The van der Waals surface area contributed by atoms with Crippen LogP contribution in [-0.4, -0.2) is 42.1 Å². The van der Waals surface area contributed by atoms with Crippen LogP contribution in [0.2, 0.25) is 0 Å². The van der Waals surface area contributed by atoms with Gasteiger partial charge in [0.2, 0.25) is 0 Å². The van der Waals surface area contributed by atoms with Gasteiger partial charge in [-0.15, -0.1) is 0 Å². The summed E-state index contributed by atoms with van der Waals surface area (Å²) in [4.78, 5) is 12.7. The molecule has 0 unspecified atom stereocenters. The fraction of sp³-hybridized carbons (Fsp3) is 0.273. The molecule has 1 atom stereocenters. The molecule has 0 radical (unpaired) electrons. The van der Waals surface area contributed by atoms with Crippen LogP contribution in [-0.2, 0) is 4.74 Å². The Kier molecular flexibility index (Phi) is 5.39. The molecule has 0 spiro atoms. The summed E-state index contributed by atoms with van der Waals surface area (Å²) in [5.41, 5.74) is 3.09. The van der Waals surface area contributed by atoms with Gasteiger partial charge in [0, 0.05) is 18.7 Å². The Hall–Kier alpha value is -3.12. The summed E-state index contributed by atoms with van der Waals surface area (Å²) in [6.45, 7) is 1.28. The molecular formula is C22H23N3O3. The van der Waals surface area contributed by atoms with Crippen LogP contribution >= 0.6 is 0 Å². The molecule has 1 amide bonds. The van der Waals surface area contributed by atoms with Gasteiger partial charge < -0.3 is 14.8 Å². The smallest absolute Gasteiger partial charge is 0.271 e. The predicted molar refractivity (Wildman–Crippen MR) is 107 cm³/mol.